The molecular weight excluding hydrogens is 428 g/mol. The average Bonchev–Trinajstić information content (AvgIpc) is 3.61. The van der Waals surface area contributed by atoms with Crippen molar-refractivity contribution in [3.05, 3.63) is 78.0 Å². The van der Waals surface area contributed by atoms with Crippen molar-refractivity contribution in [2.45, 2.75) is 19.4 Å². The van der Waals surface area contributed by atoms with E-state index in [4.69, 9.17) is 9.47 Å². The van der Waals surface area contributed by atoms with Crippen molar-refractivity contribution < 1.29 is 22.7 Å². The molecule has 8 heteroatoms. The van der Waals surface area contributed by atoms with Gasteiger partial charge in [-0.3, -0.25) is 4.79 Å². The van der Waals surface area contributed by atoms with Crippen molar-refractivity contribution in [3.8, 4) is 22.8 Å². The Balaban J connectivity index is 1.35. The SMILES string of the molecule is CS(=O)(=O)NC(=O)c1ccc(COc2cccc(-c3ccc(OCC4CC4)nc3)c2)cc1. The number of rotatable bonds is 9. The van der Waals surface area contributed by atoms with Crippen molar-refractivity contribution in [2.24, 2.45) is 5.92 Å². The van der Waals surface area contributed by atoms with Crippen LogP contribution in [0.2, 0.25) is 0 Å². The summed E-state index contributed by atoms with van der Waals surface area (Å²) < 4.78 is 35.9. The van der Waals surface area contributed by atoms with Crippen LogP contribution in [0.5, 0.6) is 11.6 Å². The molecule has 3 aromatic rings. The van der Waals surface area contributed by atoms with E-state index in [1.807, 2.05) is 41.1 Å². The molecule has 1 amide bonds. The number of amides is 1. The second kappa shape index (κ2) is 9.40. The third-order valence-corrected chi connectivity index (χ3v) is 5.52. The average molecular weight is 453 g/mol. The van der Waals surface area contributed by atoms with Crippen molar-refractivity contribution >= 4 is 15.9 Å². The molecule has 0 spiro atoms. The van der Waals surface area contributed by atoms with Gasteiger partial charge in [-0.05, 0) is 60.2 Å². The van der Waals surface area contributed by atoms with Gasteiger partial charge in [-0.2, -0.15) is 0 Å². The summed E-state index contributed by atoms with van der Waals surface area (Å²) in [7, 11) is -3.60. The molecule has 0 saturated heterocycles. The summed E-state index contributed by atoms with van der Waals surface area (Å²) >= 11 is 0. The van der Waals surface area contributed by atoms with E-state index < -0.39 is 15.9 Å². The van der Waals surface area contributed by atoms with E-state index in [9.17, 15) is 13.2 Å². The quantitative estimate of drug-likeness (QED) is 0.531. The molecule has 1 N–H and O–H groups in total. The second-order valence-electron chi connectivity index (χ2n) is 7.86. The van der Waals surface area contributed by atoms with Crippen LogP contribution >= 0.6 is 0 Å². The predicted molar refractivity (Wildman–Crippen MR) is 121 cm³/mol. The molecule has 0 bridgehead atoms. The van der Waals surface area contributed by atoms with Gasteiger partial charge in [0, 0.05) is 23.4 Å². The lowest BCUT2D eigenvalue weighted by Crippen LogP contribution is -2.29. The fourth-order valence-electron chi connectivity index (χ4n) is 3.04. The normalized spacial score (nSPS) is 13.4. The standard InChI is InChI=1S/C24H24N2O5S/c1-32(28,29)26-24(27)19-9-7-18(8-10-19)15-30-22-4-2-3-20(13-22)21-11-12-23(25-14-21)31-16-17-5-6-17/h2-4,7-14,17H,5-6,15-16H2,1H3,(H,26,27). The molecule has 4 rings (SSSR count). The van der Waals surface area contributed by atoms with Gasteiger partial charge in [0.05, 0.1) is 12.9 Å². The number of hydrogen-bond donors (Lipinski definition) is 1. The maximum Gasteiger partial charge on any atom is 0.264 e. The van der Waals surface area contributed by atoms with Gasteiger partial charge >= 0.3 is 0 Å². The van der Waals surface area contributed by atoms with Gasteiger partial charge < -0.3 is 9.47 Å². The van der Waals surface area contributed by atoms with Crippen molar-refractivity contribution in [1.82, 2.24) is 9.71 Å². The van der Waals surface area contributed by atoms with Crippen LogP contribution in [0.4, 0.5) is 0 Å². The monoisotopic (exact) mass is 452 g/mol. The first kappa shape index (κ1) is 21.8. The Labute approximate surface area is 187 Å². The number of benzene rings is 2. The Bertz CT molecular complexity index is 1190. The van der Waals surface area contributed by atoms with Crippen LogP contribution in [-0.4, -0.2) is 32.2 Å². The molecular formula is C24H24N2O5S. The van der Waals surface area contributed by atoms with Gasteiger partial charge in [-0.1, -0.05) is 24.3 Å². The lowest BCUT2D eigenvalue weighted by atomic mass is 10.1. The number of carbonyl (C=O) groups is 1. The Morgan fingerprint density at radius 2 is 1.81 bits per heavy atom. The third kappa shape index (κ3) is 6.31. The van der Waals surface area contributed by atoms with Gasteiger partial charge in [0.15, 0.2) is 0 Å². The van der Waals surface area contributed by atoms with Crippen molar-refractivity contribution in [3.63, 3.8) is 0 Å². The highest BCUT2D eigenvalue weighted by molar-refractivity contribution is 7.89. The molecule has 7 nitrogen and oxygen atoms in total. The second-order valence-corrected chi connectivity index (χ2v) is 9.60. The molecule has 0 radical (unpaired) electrons. The molecule has 0 aliphatic heterocycles. The number of hydrogen-bond acceptors (Lipinski definition) is 6. The Morgan fingerprint density at radius 3 is 2.47 bits per heavy atom. The highest BCUT2D eigenvalue weighted by Gasteiger charge is 2.22. The van der Waals surface area contributed by atoms with E-state index in [1.165, 1.54) is 12.8 Å². The zero-order chi connectivity index (χ0) is 22.6. The zero-order valence-electron chi connectivity index (χ0n) is 17.7. The highest BCUT2D eigenvalue weighted by atomic mass is 32.2. The largest absolute Gasteiger partial charge is 0.489 e. The van der Waals surface area contributed by atoms with E-state index in [0.29, 0.717) is 24.2 Å². The van der Waals surface area contributed by atoms with Gasteiger partial charge in [0.25, 0.3) is 5.91 Å². The molecule has 166 valence electrons. The fraction of sp³-hybridized carbons (Fsp3) is 0.250. The summed E-state index contributed by atoms with van der Waals surface area (Å²) in [4.78, 5) is 16.3. The first-order valence-electron chi connectivity index (χ1n) is 10.3. The molecule has 1 heterocycles. The first-order valence-corrected chi connectivity index (χ1v) is 12.2. The number of nitrogens with one attached hydrogen (secondary N) is 1. The summed E-state index contributed by atoms with van der Waals surface area (Å²) in [5.41, 5.74) is 3.07. The minimum absolute atomic E-state index is 0.262. The van der Waals surface area contributed by atoms with Gasteiger partial charge in [-0.25, -0.2) is 18.1 Å². The summed E-state index contributed by atoms with van der Waals surface area (Å²) in [5.74, 6) is 1.37. The molecule has 0 atom stereocenters. The molecule has 1 fully saturated rings. The summed E-state index contributed by atoms with van der Waals surface area (Å²) in [6, 6.07) is 18.2. The van der Waals surface area contributed by atoms with E-state index in [1.54, 1.807) is 30.5 Å². The van der Waals surface area contributed by atoms with Crippen LogP contribution in [0.1, 0.15) is 28.8 Å². The Kier molecular flexibility index (Phi) is 6.41. The van der Waals surface area contributed by atoms with Crippen molar-refractivity contribution in [2.75, 3.05) is 12.9 Å². The maximum atomic E-state index is 11.9. The molecule has 1 aliphatic carbocycles. The van der Waals surface area contributed by atoms with E-state index in [-0.39, 0.29) is 5.56 Å². The van der Waals surface area contributed by atoms with Crippen LogP contribution in [0.25, 0.3) is 11.1 Å². The Hall–Kier alpha value is -3.39. The molecule has 1 aromatic heterocycles. The molecule has 1 aliphatic rings. The van der Waals surface area contributed by atoms with Crippen LogP contribution < -0.4 is 14.2 Å². The van der Waals surface area contributed by atoms with Gasteiger partial charge in [0.2, 0.25) is 15.9 Å². The molecule has 1 saturated carbocycles. The predicted octanol–water partition coefficient (Wildman–Crippen LogP) is 3.81. The molecule has 0 unspecified atom stereocenters. The maximum absolute atomic E-state index is 11.9. The number of sulfonamides is 1. The number of nitrogens with zero attached hydrogens (tertiary/aromatic N) is 1. The smallest absolute Gasteiger partial charge is 0.264 e. The van der Waals surface area contributed by atoms with Crippen LogP contribution in [0.3, 0.4) is 0 Å². The van der Waals surface area contributed by atoms with E-state index in [2.05, 4.69) is 4.98 Å². The lowest BCUT2D eigenvalue weighted by Gasteiger charge is -2.10. The highest BCUT2D eigenvalue weighted by Crippen LogP contribution is 2.30. The van der Waals surface area contributed by atoms with Crippen LogP contribution in [-0.2, 0) is 16.6 Å². The zero-order valence-corrected chi connectivity index (χ0v) is 18.5. The van der Waals surface area contributed by atoms with Crippen molar-refractivity contribution in [1.29, 1.82) is 0 Å². The minimum Gasteiger partial charge on any atom is -0.489 e. The fourth-order valence-corrected chi connectivity index (χ4v) is 3.49. The number of aromatic nitrogens is 1. The number of pyridine rings is 1. The summed E-state index contributed by atoms with van der Waals surface area (Å²) in [6.07, 6.45) is 5.22. The molecule has 32 heavy (non-hydrogen) atoms. The van der Waals surface area contributed by atoms with Crippen LogP contribution in [0, 0.1) is 5.92 Å². The lowest BCUT2D eigenvalue weighted by molar-refractivity contribution is 0.0981. The third-order valence-electron chi connectivity index (χ3n) is 4.97. The summed E-state index contributed by atoms with van der Waals surface area (Å²) in [6.45, 7) is 1.04. The van der Waals surface area contributed by atoms with Gasteiger partial charge in [-0.15, -0.1) is 0 Å². The minimum atomic E-state index is -3.60. The summed E-state index contributed by atoms with van der Waals surface area (Å²) in [5, 5.41) is 0. The topological polar surface area (TPSA) is 94.6 Å². The first-order chi connectivity index (χ1) is 15.4. The molecule has 2 aromatic carbocycles. The van der Waals surface area contributed by atoms with Crippen LogP contribution in [0.15, 0.2) is 66.9 Å². The van der Waals surface area contributed by atoms with Gasteiger partial charge in [0.1, 0.15) is 12.4 Å². The van der Waals surface area contributed by atoms with E-state index >= 15 is 0 Å². The Morgan fingerprint density at radius 1 is 1.03 bits per heavy atom. The van der Waals surface area contributed by atoms with E-state index in [0.717, 1.165) is 29.6 Å². The number of carbonyl (C=O) groups excluding carboxylic acids is 1. The number of ether oxygens (including phenoxy) is 2.